The second kappa shape index (κ2) is 7.96. The van der Waals surface area contributed by atoms with Crippen molar-refractivity contribution in [3.05, 3.63) is 12.2 Å². The summed E-state index contributed by atoms with van der Waals surface area (Å²) in [5.41, 5.74) is 7.29. The molecule has 0 fully saturated rings. The van der Waals surface area contributed by atoms with Gasteiger partial charge in [0.1, 0.15) is 0 Å². The summed E-state index contributed by atoms with van der Waals surface area (Å²) in [5, 5.41) is 0.446. The summed E-state index contributed by atoms with van der Waals surface area (Å²) in [4.78, 5) is 0. The molecular formula is C18H41NO2Si2. The Bertz CT molecular complexity index is 393. The molecule has 0 radical (unpaired) electrons. The van der Waals surface area contributed by atoms with Gasteiger partial charge in [-0.15, -0.1) is 0 Å². The highest BCUT2D eigenvalue weighted by Gasteiger charge is 2.38. The molecule has 0 aliphatic rings. The van der Waals surface area contributed by atoms with Gasteiger partial charge in [0.25, 0.3) is 0 Å². The SMILES string of the molecule is C=C(CCO[Si](C)(C)C(C)(C)C)[C@H](N)CO[Si](C)(C)C(C)(C)C. The maximum atomic E-state index is 6.26. The van der Waals surface area contributed by atoms with Gasteiger partial charge in [-0.2, -0.15) is 0 Å². The fourth-order valence-electron chi connectivity index (χ4n) is 1.47. The van der Waals surface area contributed by atoms with Gasteiger partial charge >= 0.3 is 0 Å². The Labute approximate surface area is 147 Å². The first-order valence-corrected chi connectivity index (χ1v) is 14.5. The van der Waals surface area contributed by atoms with Crippen molar-refractivity contribution < 1.29 is 8.85 Å². The molecule has 0 bridgehead atoms. The van der Waals surface area contributed by atoms with Gasteiger partial charge in [0.2, 0.25) is 0 Å². The Kier molecular flexibility index (Phi) is 7.97. The summed E-state index contributed by atoms with van der Waals surface area (Å²) < 4.78 is 12.4. The zero-order valence-electron chi connectivity index (χ0n) is 17.3. The van der Waals surface area contributed by atoms with E-state index in [0.717, 1.165) is 12.0 Å². The van der Waals surface area contributed by atoms with Gasteiger partial charge in [-0.25, -0.2) is 0 Å². The lowest BCUT2D eigenvalue weighted by molar-refractivity contribution is 0.262. The van der Waals surface area contributed by atoms with Gasteiger partial charge in [-0.1, -0.05) is 53.7 Å². The average molecular weight is 360 g/mol. The molecule has 0 rings (SSSR count). The van der Waals surface area contributed by atoms with Crippen molar-refractivity contribution in [1.82, 2.24) is 0 Å². The fraction of sp³-hybridized carbons (Fsp3) is 0.889. The van der Waals surface area contributed by atoms with E-state index in [-0.39, 0.29) is 16.1 Å². The van der Waals surface area contributed by atoms with Crippen molar-refractivity contribution in [3.8, 4) is 0 Å². The highest BCUT2D eigenvalue weighted by atomic mass is 28.4. The third-order valence-electron chi connectivity index (χ3n) is 5.65. The number of rotatable bonds is 8. The molecule has 138 valence electrons. The molecule has 0 aromatic carbocycles. The van der Waals surface area contributed by atoms with Crippen LogP contribution in [0.5, 0.6) is 0 Å². The molecule has 1 atom stereocenters. The molecule has 2 N–H and O–H groups in total. The van der Waals surface area contributed by atoms with Crippen LogP contribution in [0.2, 0.25) is 36.3 Å². The fourth-order valence-corrected chi connectivity index (χ4v) is 3.55. The molecule has 0 unspecified atom stereocenters. The van der Waals surface area contributed by atoms with Gasteiger partial charge in [0.05, 0.1) is 6.61 Å². The first-order valence-electron chi connectivity index (χ1n) is 8.72. The van der Waals surface area contributed by atoms with Crippen LogP contribution in [0.3, 0.4) is 0 Å². The number of hydrogen-bond acceptors (Lipinski definition) is 3. The van der Waals surface area contributed by atoms with Gasteiger partial charge < -0.3 is 14.6 Å². The van der Waals surface area contributed by atoms with Crippen LogP contribution in [0.15, 0.2) is 12.2 Å². The minimum atomic E-state index is -1.75. The second-order valence-corrected chi connectivity index (χ2v) is 19.3. The largest absolute Gasteiger partial charge is 0.417 e. The van der Waals surface area contributed by atoms with E-state index >= 15 is 0 Å². The summed E-state index contributed by atoms with van der Waals surface area (Å²) >= 11 is 0. The molecule has 0 aromatic rings. The molecule has 0 aliphatic heterocycles. The highest BCUT2D eigenvalue weighted by molar-refractivity contribution is 6.74. The minimum Gasteiger partial charge on any atom is -0.417 e. The maximum absolute atomic E-state index is 6.26. The van der Waals surface area contributed by atoms with Crippen molar-refractivity contribution in [3.63, 3.8) is 0 Å². The van der Waals surface area contributed by atoms with Crippen LogP contribution >= 0.6 is 0 Å². The van der Waals surface area contributed by atoms with Crippen LogP contribution in [0.1, 0.15) is 48.0 Å². The van der Waals surface area contributed by atoms with Crippen molar-refractivity contribution in [2.75, 3.05) is 13.2 Å². The highest BCUT2D eigenvalue weighted by Crippen LogP contribution is 2.37. The Hall–Kier alpha value is 0.0538. The Morgan fingerprint density at radius 3 is 1.70 bits per heavy atom. The maximum Gasteiger partial charge on any atom is 0.192 e. The van der Waals surface area contributed by atoms with E-state index in [4.69, 9.17) is 14.6 Å². The normalized spacial score (nSPS) is 15.6. The van der Waals surface area contributed by atoms with Crippen LogP contribution in [-0.4, -0.2) is 35.9 Å². The molecule has 0 heterocycles. The Morgan fingerprint density at radius 2 is 1.30 bits per heavy atom. The van der Waals surface area contributed by atoms with Crippen LogP contribution in [0.4, 0.5) is 0 Å². The zero-order chi connectivity index (χ0) is 18.7. The molecule has 0 aliphatic carbocycles. The molecule has 0 amide bonds. The summed E-state index contributed by atoms with van der Waals surface area (Å²) in [6, 6.07) is -0.104. The van der Waals surface area contributed by atoms with Crippen LogP contribution in [-0.2, 0) is 8.85 Å². The lowest BCUT2D eigenvalue weighted by Gasteiger charge is -2.37. The van der Waals surface area contributed by atoms with Gasteiger partial charge in [0, 0.05) is 12.6 Å². The number of nitrogens with two attached hydrogens (primary N) is 1. The van der Waals surface area contributed by atoms with Crippen LogP contribution in [0.25, 0.3) is 0 Å². The predicted octanol–water partition coefficient (Wildman–Crippen LogP) is 5.30. The van der Waals surface area contributed by atoms with E-state index in [2.05, 4.69) is 74.3 Å². The van der Waals surface area contributed by atoms with Crippen molar-refractivity contribution in [1.29, 1.82) is 0 Å². The van der Waals surface area contributed by atoms with E-state index in [9.17, 15) is 0 Å². The molecule has 0 saturated heterocycles. The smallest absolute Gasteiger partial charge is 0.192 e. The van der Waals surface area contributed by atoms with E-state index in [1.165, 1.54) is 0 Å². The molecule has 23 heavy (non-hydrogen) atoms. The molecular weight excluding hydrogens is 318 g/mol. The first-order chi connectivity index (χ1) is 10.0. The number of hydrogen-bond donors (Lipinski definition) is 1. The van der Waals surface area contributed by atoms with E-state index in [1.807, 2.05) is 0 Å². The van der Waals surface area contributed by atoms with E-state index in [0.29, 0.717) is 13.2 Å². The minimum absolute atomic E-state index is 0.104. The quantitative estimate of drug-likeness (QED) is 0.472. The Balaban J connectivity index is 4.34. The average Bonchev–Trinajstić information content (AvgIpc) is 2.32. The van der Waals surface area contributed by atoms with Gasteiger partial charge in [-0.3, -0.25) is 0 Å². The predicted molar refractivity (Wildman–Crippen MR) is 108 cm³/mol. The van der Waals surface area contributed by atoms with Gasteiger partial charge in [-0.05, 0) is 42.7 Å². The second-order valence-electron chi connectivity index (χ2n) is 9.69. The third kappa shape index (κ3) is 7.22. The molecule has 0 aromatic heterocycles. The summed E-state index contributed by atoms with van der Waals surface area (Å²) in [7, 11) is -3.43. The lowest BCUT2D eigenvalue weighted by Crippen LogP contribution is -2.44. The molecule has 0 spiro atoms. The monoisotopic (exact) mass is 359 g/mol. The standard InChI is InChI=1S/C18H41NO2Si2/c1-15(12-13-20-22(8,9)17(2,3)4)16(19)14-21-23(10,11)18(5,6)7/h16H,1,12-14,19H2,2-11H3/t16-/m1/s1. The summed E-state index contributed by atoms with van der Waals surface area (Å²) in [5.74, 6) is 0. The van der Waals surface area contributed by atoms with E-state index < -0.39 is 16.6 Å². The van der Waals surface area contributed by atoms with Crippen molar-refractivity contribution in [2.24, 2.45) is 5.73 Å². The van der Waals surface area contributed by atoms with Gasteiger partial charge in [0.15, 0.2) is 16.6 Å². The Morgan fingerprint density at radius 1 is 0.913 bits per heavy atom. The van der Waals surface area contributed by atoms with Crippen LogP contribution in [0, 0.1) is 0 Å². The molecule has 3 nitrogen and oxygen atoms in total. The topological polar surface area (TPSA) is 44.5 Å². The third-order valence-corrected chi connectivity index (χ3v) is 14.7. The lowest BCUT2D eigenvalue weighted by atomic mass is 10.1. The van der Waals surface area contributed by atoms with E-state index in [1.54, 1.807) is 0 Å². The summed E-state index contributed by atoms with van der Waals surface area (Å²) in [6.45, 7) is 28.0. The molecule has 0 saturated carbocycles. The zero-order valence-corrected chi connectivity index (χ0v) is 19.3. The van der Waals surface area contributed by atoms with Crippen molar-refractivity contribution in [2.45, 2.75) is 90.3 Å². The first kappa shape index (κ1) is 23.1. The van der Waals surface area contributed by atoms with Crippen LogP contribution < -0.4 is 5.73 Å². The molecule has 5 heteroatoms. The summed E-state index contributed by atoms with van der Waals surface area (Å²) in [6.07, 6.45) is 0.814. The van der Waals surface area contributed by atoms with Crippen molar-refractivity contribution >= 4 is 16.6 Å².